The number of aryl methyl sites for hydroxylation is 2. The minimum atomic E-state index is 0.738. The Hall–Kier alpha value is -4.24. The van der Waals surface area contributed by atoms with Crippen molar-refractivity contribution in [2.24, 2.45) is 59.2 Å². The van der Waals surface area contributed by atoms with E-state index in [1.807, 2.05) is 0 Å². The lowest BCUT2D eigenvalue weighted by Gasteiger charge is -2.34. The van der Waals surface area contributed by atoms with Gasteiger partial charge in [0.25, 0.3) is 0 Å². The summed E-state index contributed by atoms with van der Waals surface area (Å²) >= 11 is 0. The molecule has 6 aromatic rings. The Morgan fingerprint density at radius 2 is 0.676 bits per heavy atom. The topological polar surface area (TPSA) is 18.5 Å². The Morgan fingerprint density at radius 1 is 0.311 bits per heavy atom. The van der Waals surface area contributed by atoms with Gasteiger partial charge in [0.2, 0.25) is 0 Å². The highest BCUT2D eigenvalue weighted by Crippen LogP contribution is 2.45. The average Bonchev–Trinajstić information content (AvgIpc) is 3.39. The Balaban J connectivity index is 0.652. The van der Waals surface area contributed by atoms with Crippen LogP contribution in [0.25, 0.3) is 32.7 Å². The number of benzene rings is 6. The normalized spacial score (nSPS) is 27.0. The van der Waals surface area contributed by atoms with Crippen molar-refractivity contribution in [3.05, 3.63) is 154 Å². The van der Waals surface area contributed by atoms with Crippen LogP contribution >= 0.6 is 0 Å². The van der Waals surface area contributed by atoms with Crippen molar-refractivity contribution in [3.63, 3.8) is 0 Å². The molecule has 2 heteroatoms. The van der Waals surface area contributed by atoms with Gasteiger partial charge in [-0.05, 0) is 230 Å². The van der Waals surface area contributed by atoms with Gasteiger partial charge in [-0.3, -0.25) is 0 Å². The molecule has 2 saturated heterocycles. The van der Waals surface area contributed by atoms with E-state index in [2.05, 4.69) is 123 Å². The molecular formula is C72H90O2. The highest BCUT2D eigenvalue weighted by Gasteiger charge is 2.31. The molecule has 6 aliphatic rings. The fraction of sp³-hybridized carbons (Fsp3) is 0.556. The molecule has 74 heavy (non-hydrogen) atoms. The van der Waals surface area contributed by atoms with Crippen LogP contribution in [0, 0.1) is 73.0 Å². The first kappa shape index (κ1) is 50.6. The minimum absolute atomic E-state index is 0.738. The summed E-state index contributed by atoms with van der Waals surface area (Å²) < 4.78 is 10.8. The number of hydrogen-bond acceptors (Lipinski definition) is 2. The van der Waals surface area contributed by atoms with Crippen molar-refractivity contribution < 1.29 is 9.47 Å². The van der Waals surface area contributed by atoms with Crippen LogP contribution in [0.4, 0.5) is 0 Å². The van der Waals surface area contributed by atoms with Crippen molar-refractivity contribution in [1.82, 2.24) is 0 Å². The standard InChI is InChI=1S/C72H90O2/c1-49-4-32-70-66(33-49)29-30-67(42-62-27-25-58(26-28-62)38-54-11-9-53(10-12-54)37-57-17-23-61(24-18-57)41-65-47-74-48-65)72(70)71-44-63(43-68-34-50(2)3-31-69(68)71)39-59-19-13-55(14-20-59)35-51-5-7-52(8-6-51)36-56-15-21-60(22-16-56)40-64-45-73-46-64/h3-4,15-18,21-24,29-34,43-44,51-55,58-59,62,64-65H,5-14,19-20,25-28,35-42,45-48H2,1-2H3. The van der Waals surface area contributed by atoms with Gasteiger partial charge < -0.3 is 9.47 Å². The van der Waals surface area contributed by atoms with Crippen LogP contribution in [0.3, 0.4) is 0 Å². The van der Waals surface area contributed by atoms with E-state index in [1.54, 1.807) is 22.3 Å². The molecule has 0 amide bonds. The zero-order valence-corrected chi connectivity index (χ0v) is 45.8. The second-order valence-corrected chi connectivity index (χ2v) is 26.4. The molecule has 2 nitrogen and oxygen atoms in total. The Bertz CT molecular complexity index is 2760. The van der Waals surface area contributed by atoms with Crippen molar-refractivity contribution in [2.75, 3.05) is 26.4 Å². The molecule has 4 saturated carbocycles. The molecule has 0 bridgehead atoms. The number of hydrogen-bond donors (Lipinski definition) is 0. The summed E-state index contributed by atoms with van der Waals surface area (Å²) in [6.07, 6.45) is 33.2. The highest BCUT2D eigenvalue weighted by molar-refractivity contribution is 6.07. The van der Waals surface area contributed by atoms with Crippen LogP contribution in [0.15, 0.2) is 109 Å². The maximum Gasteiger partial charge on any atom is 0.0519 e. The first-order chi connectivity index (χ1) is 36.3. The second kappa shape index (κ2) is 23.6. The highest BCUT2D eigenvalue weighted by atomic mass is 16.5. The van der Waals surface area contributed by atoms with Gasteiger partial charge in [0, 0.05) is 11.8 Å². The Morgan fingerprint density at radius 3 is 1.09 bits per heavy atom. The van der Waals surface area contributed by atoms with E-state index < -0.39 is 0 Å². The van der Waals surface area contributed by atoms with Crippen LogP contribution in [0.1, 0.15) is 160 Å². The van der Waals surface area contributed by atoms with Crippen LogP contribution in [-0.2, 0) is 48.0 Å². The minimum Gasteiger partial charge on any atom is -0.381 e. The SMILES string of the molecule is Cc1ccc2c(-c3c(CC4CCC(CC5CCC(Cc6ccc(CC7COC7)cc6)CC5)CC4)ccc4cc(C)ccc34)cc(CC3CCC(CC4CCC(Cc5ccc(CC6COC6)cc5)CC4)CC3)cc2c1. The van der Waals surface area contributed by atoms with E-state index in [-0.39, 0.29) is 0 Å². The van der Waals surface area contributed by atoms with Crippen LogP contribution in [0.5, 0.6) is 0 Å². The molecule has 0 atom stereocenters. The van der Waals surface area contributed by atoms with Gasteiger partial charge in [-0.15, -0.1) is 0 Å². The van der Waals surface area contributed by atoms with Gasteiger partial charge in [0.05, 0.1) is 26.4 Å². The summed E-state index contributed by atoms with van der Waals surface area (Å²) in [5.74, 6) is 8.56. The quantitative estimate of drug-likeness (QED) is 0.0907. The molecule has 2 heterocycles. The lowest BCUT2D eigenvalue weighted by Crippen LogP contribution is -2.29. The van der Waals surface area contributed by atoms with Gasteiger partial charge in [-0.2, -0.15) is 0 Å². The largest absolute Gasteiger partial charge is 0.381 e. The summed E-state index contributed by atoms with van der Waals surface area (Å²) in [5.41, 5.74) is 15.0. The molecule has 4 aliphatic carbocycles. The van der Waals surface area contributed by atoms with Crippen LogP contribution in [-0.4, -0.2) is 26.4 Å². The smallest absolute Gasteiger partial charge is 0.0519 e. The van der Waals surface area contributed by atoms with Crippen LogP contribution < -0.4 is 0 Å². The van der Waals surface area contributed by atoms with E-state index in [0.717, 1.165) is 85.6 Å². The number of fused-ring (bicyclic) bond motifs is 2. The number of rotatable bonds is 17. The van der Waals surface area contributed by atoms with Gasteiger partial charge in [0.1, 0.15) is 0 Å². The fourth-order valence-electron chi connectivity index (χ4n) is 15.9. The van der Waals surface area contributed by atoms with Crippen molar-refractivity contribution >= 4 is 21.5 Å². The zero-order chi connectivity index (χ0) is 49.8. The van der Waals surface area contributed by atoms with E-state index in [0.29, 0.717) is 0 Å². The Labute approximate surface area is 447 Å². The molecule has 0 unspecified atom stereocenters. The molecule has 6 fully saturated rings. The predicted octanol–water partition coefficient (Wildman–Crippen LogP) is 18.2. The van der Waals surface area contributed by atoms with E-state index in [1.165, 1.54) is 209 Å². The third kappa shape index (κ3) is 12.6. The van der Waals surface area contributed by atoms with Crippen molar-refractivity contribution in [1.29, 1.82) is 0 Å². The van der Waals surface area contributed by atoms with Gasteiger partial charge in [-0.25, -0.2) is 0 Å². The zero-order valence-electron chi connectivity index (χ0n) is 45.8. The van der Waals surface area contributed by atoms with Crippen molar-refractivity contribution in [2.45, 2.75) is 168 Å². The molecule has 0 radical (unpaired) electrons. The van der Waals surface area contributed by atoms with Gasteiger partial charge in [0.15, 0.2) is 0 Å². The summed E-state index contributed by atoms with van der Waals surface area (Å²) in [6.45, 7) is 8.34. The van der Waals surface area contributed by atoms with E-state index in [9.17, 15) is 0 Å². The van der Waals surface area contributed by atoms with E-state index in [4.69, 9.17) is 9.47 Å². The molecule has 0 aromatic heterocycles. The lowest BCUT2D eigenvalue weighted by atomic mass is 9.71. The summed E-state index contributed by atoms with van der Waals surface area (Å²) in [6, 6.07) is 44.1. The average molecular weight is 988 g/mol. The third-order valence-electron chi connectivity index (χ3n) is 20.5. The maximum absolute atomic E-state index is 5.41. The molecule has 2 aliphatic heterocycles. The number of ether oxygens (including phenoxy) is 2. The molecule has 390 valence electrons. The first-order valence-electron chi connectivity index (χ1n) is 30.7. The predicted molar refractivity (Wildman–Crippen MR) is 311 cm³/mol. The molecule has 12 rings (SSSR count). The maximum atomic E-state index is 5.41. The van der Waals surface area contributed by atoms with Crippen LogP contribution in [0.2, 0.25) is 0 Å². The monoisotopic (exact) mass is 987 g/mol. The summed E-state index contributed by atoms with van der Waals surface area (Å²) in [4.78, 5) is 0. The molecule has 6 aromatic carbocycles. The second-order valence-electron chi connectivity index (χ2n) is 26.4. The first-order valence-corrected chi connectivity index (χ1v) is 30.7. The third-order valence-corrected chi connectivity index (χ3v) is 20.5. The fourth-order valence-corrected chi connectivity index (χ4v) is 15.9. The summed E-state index contributed by atoms with van der Waals surface area (Å²) in [7, 11) is 0. The van der Waals surface area contributed by atoms with Gasteiger partial charge >= 0.3 is 0 Å². The molecule has 0 N–H and O–H groups in total. The molecular weight excluding hydrogens is 897 g/mol. The lowest BCUT2D eigenvalue weighted by molar-refractivity contribution is -0.0312. The molecule has 0 spiro atoms. The van der Waals surface area contributed by atoms with Crippen molar-refractivity contribution in [3.8, 4) is 11.1 Å². The van der Waals surface area contributed by atoms with Gasteiger partial charge in [-0.1, -0.05) is 172 Å². The van der Waals surface area contributed by atoms with E-state index >= 15 is 0 Å². The Kier molecular flexibility index (Phi) is 16.1. The summed E-state index contributed by atoms with van der Waals surface area (Å²) in [5, 5.41) is 5.72.